The maximum atomic E-state index is 11.8. The number of aryl methyl sites for hydroxylation is 1. The Morgan fingerprint density at radius 3 is 2.64 bits per heavy atom. The van der Waals surface area contributed by atoms with E-state index in [4.69, 9.17) is 15.9 Å². The summed E-state index contributed by atoms with van der Waals surface area (Å²) in [6.45, 7) is 9.53. The van der Waals surface area contributed by atoms with Crippen molar-refractivity contribution in [3.63, 3.8) is 0 Å². The van der Waals surface area contributed by atoms with Gasteiger partial charge < -0.3 is 14.4 Å². The van der Waals surface area contributed by atoms with Gasteiger partial charge in [-0.1, -0.05) is 5.92 Å². The van der Waals surface area contributed by atoms with Gasteiger partial charge in [-0.05, 0) is 51.5 Å². The van der Waals surface area contributed by atoms with Gasteiger partial charge in [0, 0.05) is 24.6 Å². The Labute approximate surface area is 132 Å². The molecule has 1 aromatic rings. The van der Waals surface area contributed by atoms with Gasteiger partial charge in [0.25, 0.3) is 0 Å². The van der Waals surface area contributed by atoms with Gasteiger partial charge in [-0.15, -0.1) is 6.42 Å². The summed E-state index contributed by atoms with van der Waals surface area (Å²) in [6.07, 6.45) is 5.12. The molecule has 0 unspecified atom stereocenters. The van der Waals surface area contributed by atoms with E-state index in [0.29, 0.717) is 25.6 Å². The molecule has 4 nitrogen and oxygen atoms in total. The highest BCUT2D eigenvalue weighted by molar-refractivity contribution is 5.69. The van der Waals surface area contributed by atoms with Gasteiger partial charge in [-0.3, -0.25) is 0 Å². The predicted octanol–water partition coefficient (Wildman–Crippen LogP) is 3.22. The van der Waals surface area contributed by atoms with Crippen molar-refractivity contribution < 1.29 is 14.3 Å². The number of amides is 1. The Kier molecular flexibility index (Phi) is 4.65. The third-order valence-electron chi connectivity index (χ3n) is 3.43. The quantitative estimate of drug-likeness (QED) is 0.805. The zero-order valence-corrected chi connectivity index (χ0v) is 13.7. The van der Waals surface area contributed by atoms with Crippen LogP contribution in [0.25, 0.3) is 0 Å². The number of terminal acetylenes is 1. The molecule has 1 aliphatic heterocycles. The molecule has 0 radical (unpaired) electrons. The van der Waals surface area contributed by atoms with Crippen molar-refractivity contribution in [1.29, 1.82) is 0 Å². The smallest absolute Gasteiger partial charge is 0.410 e. The van der Waals surface area contributed by atoms with Crippen LogP contribution in [0.2, 0.25) is 0 Å². The molecule has 0 bridgehead atoms. The SMILES string of the molecule is C#Cc1ccc(OCC2CN(C(=O)OC(C)(C)C)C2)c(C)c1. The molecular formula is C18H23NO3. The predicted molar refractivity (Wildman–Crippen MR) is 85.9 cm³/mol. The van der Waals surface area contributed by atoms with Crippen molar-refractivity contribution >= 4 is 6.09 Å². The van der Waals surface area contributed by atoms with E-state index in [9.17, 15) is 4.79 Å². The summed E-state index contributed by atoms with van der Waals surface area (Å²) in [6, 6.07) is 5.70. The second-order valence-electron chi connectivity index (χ2n) is 6.69. The molecule has 1 aliphatic rings. The molecule has 0 N–H and O–H groups in total. The lowest BCUT2D eigenvalue weighted by atomic mass is 10.0. The molecule has 1 heterocycles. The van der Waals surface area contributed by atoms with Gasteiger partial charge in [0.2, 0.25) is 0 Å². The van der Waals surface area contributed by atoms with Crippen LogP contribution in [-0.2, 0) is 4.74 Å². The number of benzene rings is 1. The first-order chi connectivity index (χ1) is 10.3. The van der Waals surface area contributed by atoms with Crippen LogP contribution in [0.1, 0.15) is 31.9 Å². The number of carbonyl (C=O) groups excluding carboxylic acids is 1. The van der Waals surface area contributed by atoms with Crippen molar-refractivity contribution in [2.45, 2.75) is 33.3 Å². The van der Waals surface area contributed by atoms with Crippen LogP contribution >= 0.6 is 0 Å². The summed E-state index contributed by atoms with van der Waals surface area (Å²) < 4.78 is 11.1. The summed E-state index contributed by atoms with van der Waals surface area (Å²) in [5.41, 5.74) is 1.43. The zero-order valence-electron chi connectivity index (χ0n) is 13.7. The van der Waals surface area contributed by atoms with Crippen molar-refractivity contribution in [2.24, 2.45) is 5.92 Å². The number of nitrogens with zero attached hydrogens (tertiary/aromatic N) is 1. The topological polar surface area (TPSA) is 38.8 Å². The monoisotopic (exact) mass is 301 g/mol. The Morgan fingerprint density at radius 2 is 2.09 bits per heavy atom. The molecule has 0 aromatic heterocycles. The molecule has 1 amide bonds. The summed E-state index contributed by atoms with van der Waals surface area (Å²) in [7, 11) is 0. The van der Waals surface area contributed by atoms with Crippen LogP contribution in [0.4, 0.5) is 4.79 Å². The van der Waals surface area contributed by atoms with Crippen molar-refractivity contribution in [3.8, 4) is 18.1 Å². The van der Waals surface area contributed by atoms with E-state index in [1.165, 1.54) is 0 Å². The molecule has 118 valence electrons. The first-order valence-corrected chi connectivity index (χ1v) is 7.46. The van der Waals surface area contributed by atoms with Crippen LogP contribution < -0.4 is 4.74 Å². The van der Waals surface area contributed by atoms with Crippen molar-refractivity contribution in [3.05, 3.63) is 29.3 Å². The lowest BCUT2D eigenvalue weighted by molar-refractivity contribution is -0.00785. The molecule has 4 heteroatoms. The highest BCUT2D eigenvalue weighted by Gasteiger charge is 2.34. The first-order valence-electron chi connectivity index (χ1n) is 7.46. The van der Waals surface area contributed by atoms with Gasteiger partial charge >= 0.3 is 6.09 Å². The third-order valence-corrected chi connectivity index (χ3v) is 3.43. The number of likely N-dealkylation sites (tertiary alicyclic amines) is 1. The molecule has 0 spiro atoms. The number of rotatable bonds is 3. The van der Waals surface area contributed by atoms with Crippen molar-refractivity contribution in [1.82, 2.24) is 4.90 Å². The number of carbonyl (C=O) groups is 1. The summed E-state index contributed by atoms with van der Waals surface area (Å²) in [5, 5.41) is 0. The minimum atomic E-state index is -0.450. The fourth-order valence-corrected chi connectivity index (χ4v) is 2.26. The lowest BCUT2D eigenvalue weighted by Gasteiger charge is -2.39. The Morgan fingerprint density at radius 1 is 1.41 bits per heavy atom. The van der Waals surface area contributed by atoms with Crippen molar-refractivity contribution in [2.75, 3.05) is 19.7 Å². The van der Waals surface area contributed by atoms with Crippen LogP contribution in [0, 0.1) is 25.2 Å². The highest BCUT2D eigenvalue weighted by atomic mass is 16.6. The maximum absolute atomic E-state index is 11.8. The summed E-state index contributed by atoms with van der Waals surface area (Å²) in [5.74, 6) is 3.79. The number of ether oxygens (including phenoxy) is 2. The Hall–Kier alpha value is -2.15. The van der Waals surface area contributed by atoms with Crippen LogP contribution in [0.15, 0.2) is 18.2 Å². The molecule has 0 atom stereocenters. The molecular weight excluding hydrogens is 278 g/mol. The van der Waals surface area contributed by atoms with Gasteiger partial charge in [0.05, 0.1) is 6.61 Å². The fourth-order valence-electron chi connectivity index (χ4n) is 2.26. The molecule has 1 saturated heterocycles. The van der Waals surface area contributed by atoms with E-state index in [2.05, 4.69) is 5.92 Å². The lowest BCUT2D eigenvalue weighted by Crippen LogP contribution is -2.53. The van der Waals surface area contributed by atoms with E-state index in [0.717, 1.165) is 16.9 Å². The average Bonchev–Trinajstić information content (AvgIpc) is 2.36. The molecule has 1 fully saturated rings. The van der Waals surface area contributed by atoms with Gasteiger partial charge in [0.1, 0.15) is 11.4 Å². The molecule has 1 aromatic carbocycles. The molecule has 0 aliphatic carbocycles. The maximum Gasteiger partial charge on any atom is 0.410 e. The first kappa shape index (κ1) is 16.2. The van der Waals surface area contributed by atoms with Gasteiger partial charge in [-0.2, -0.15) is 0 Å². The summed E-state index contributed by atoms with van der Waals surface area (Å²) in [4.78, 5) is 13.5. The van der Waals surface area contributed by atoms with E-state index in [-0.39, 0.29) is 6.09 Å². The highest BCUT2D eigenvalue weighted by Crippen LogP contribution is 2.23. The molecule has 0 saturated carbocycles. The minimum absolute atomic E-state index is 0.252. The van der Waals surface area contributed by atoms with E-state index in [1.54, 1.807) is 4.90 Å². The van der Waals surface area contributed by atoms with Crippen LogP contribution in [0.5, 0.6) is 5.75 Å². The average molecular weight is 301 g/mol. The van der Waals surface area contributed by atoms with Crippen LogP contribution in [0.3, 0.4) is 0 Å². The number of hydrogen-bond donors (Lipinski definition) is 0. The third kappa shape index (κ3) is 4.17. The van der Waals surface area contributed by atoms with E-state index >= 15 is 0 Å². The van der Waals surface area contributed by atoms with Gasteiger partial charge in [0.15, 0.2) is 0 Å². The normalized spacial score (nSPS) is 15.0. The van der Waals surface area contributed by atoms with E-state index < -0.39 is 5.60 Å². The molecule has 22 heavy (non-hydrogen) atoms. The Balaban J connectivity index is 1.77. The van der Waals surface area contributed by atoms with E-state index in [1.807, 2.05) is 45.9 Å². The fraction of sp³-hybridized carbons (Fsp3) is 0.500. The largest absolute Gasteiger partial charge is 0.493 e. The second kappa shape index (κ2) is 6.31. The molecule has 2 rings (SSSR count). The minimum Gasteiger partial charge on any atom is -0.493 e. The number of hydrogen-bond acceptors (Lipinski definition) is 3. The Bertz CT molecular complexity index is 589. The van der Waals surface area contributed by atoms with Crippen LogP contribution in [-0.4, -0.2) is 36.3 Å². The van der Waals surface area contributed by atoms with Gasteiger partial charge in [-0.25, -0.2) is 4.79 Å². The standard InChI is InChI=1S/C18H23NO3/c1-6-14-7-8-16(13(2)9-14)21-12-15-10-19(11-15)17(20)22-18(3,4)5/h1,7-9,15H,10-12H2,2-5H3. The zero-order chi connectivity index (χ0) is 16.3. The summed E-state index contributed by atoms with van der Waals surface area (Å²) >= 11 is 0. The second-order valence-corrected chi connectivity index (χ2v) is 6.69.